The summed E-state index contributed by atoms with van der Waals surface area (Å²) in [6.45, 7) is 6.36. The van der Waals surface area contributed by atoms with Crippen molar-refractivity contribution in [3.05, 3.63) is 40.0 Å². The van der Waals surface area contributed by atoms with Gasteiger partial charge in [-0.15, -0.1) is 0 Å². The SMILES string of the molecule is CC[C@@H]1Cn2nc(-c3ccc(Cl)cc3Cl)c3nc(C)cc(c32)N1CC1CC1.CS(=O)(=O)O. The second-order valence-corrected chi connectivity index (χ2v) is 10.8. The molecule has 0 amide bonds. The molecule has 1 atom stereocenters. The lowest BCUT2D eigenvalue weighted by Gasteiger charge is -2.37. The number of nitrogens with zero attached hydrogens (tertiary/aromatic N) is 4. The number of aryl methyl sites for hydroxylation is 1. The van der Waals surface area contributed by atoms with Crippen LogP contribution in [0.3, 0.4) is 0 Å². The summed E-state index contributed by atoms with van der Waals surface area (Å²) in [6.07, 6.45) is 4.52. The van der Waals surface area contributed by atoms with Crippen molar-refractivity contribution in [3.8, 4) is 11.3 Å². The van der Waals surface area contributed by atoms with Crippen molar-refractivity contribution in [2.24, 2.45) is 5.92 Å². The predicted molar refractivity (Wildman–Crippen MR) is 129 cm³/mol. The van der Waals surface area contributed by atoms with E-state index in [0.717, 1.165) is 53.4 Å². The van der Waals surface area contributed by atoms with Crippen LogP contribution in [0.4, 0.5) is 5.69 Å². The van der Waals surface area contributed by atoms with Crippen molar-refractivity contribution in [1.82, 2.24) is 14.8 Å². The number of anilines is 1. The van der Waals surface area contributed by atoms with Crippen LogP contribution in [0, 0.1) is 12.8 Å². The van der Waals surface area contributed by atoms with Gasteiger partial charge < -0.3 is 4.90 Å². The topological polar surface area (TPSA) is 88.3 Å². The summed E-state index contributed by atoms with van der Waals surface area (Å²) in [4.78, 5) is 7.46. The minimum atomic E-state index is -3.67. The molecule has 0 bridgehead atoms. The van der Waals surface area contributed by atoms with Crippen LogP contribution in [0.2, 0.25) is 10.0 Å². The van der Waals surface area contributed by atoms with Gasteiger partial charge in [0, 0.05) is 28.9 Å². The monoisotopic (exact) mass is 496 g/mol. The number of rotatable bonds is 4. The van der Waals surface area contributed by atoms with Crippen LogP contribution in [-0.2, 0) is 16.7 Å². The smallest absolute Gasteiger partial charge is 0.261 e. The Morgan fingerprint density at radius 3 is 2.50 bits per heavy atom. The second-order valence-electron chi connectivity index (χ2n) is 8.53. The number of pyridine rings is 1. The Balaban J connectivity index is 0.000000444. The minimum absolute atomic E-state index is 0.469. The highest BCUT2D eigenvalue weighted by molar-refractivity contribution is 7.85. The maximum atomic E-state index is 9.19. The lowest BCUT2D eigenvalue weighted by Crippen LogP contribution is -2.42. The standard InChI is InChI=1S/C21H22Cl2N4.CH4O3S/c1-3-15-11-27-21-18(26(15)10-13-4-5-13)8-12(2)24-20(21)19(25-27)16-7-6-14(22)9-17(16)23;1-5(2,3)4/h6-9,13,15H,3-5,10-11H2,1-2H3;1H3,(H,2,3,4)/t15-;/m1./s1. The second kappa shape index (κ2) is 8.82. The molecule has 2 aromatic heterocycles. The van der Waals surface area contributed by atoms with Gasteiger partial charge in [0.1, 0.15) is 16.7 Å². The number of halogens is 2. The van der Waals surface area contributed by atoms with Gasteiger partial charge >= 0.3 is 0 Å². The number of hydrogen-bond donors (Lipinski definition) is 1. The number of aromatic nitrogens is 3. The molecule has 1 aliphatic heterocycles. The van der Waals surface area contributed by atoms with Crippen LogP contribution in [0.5, 0.6) is 0 Å². The summed E-state index contributed by atoms with van der Waals surface area (Å²) >= 11 is 12.6. The molecule has 0 unspecified atom stereocenters. The third kappa shape index (κ3) is 5.03. The van der Waals surface area contributed by atoms with Crippen molar-refractivity contribution in [2.45, 2.75) is 45.7 Å². The average molecular weight is 497 g/mol. The third-order valence-electron chi connectivity index (χ3n) is 5.75. The van der Waals surface area contributed by atoms with E-state index < -0.39 is 10.1 Å². The molecular weight excluding hydrogens is 471 g/mol. The van der Waals surface area contributed by atoms with Crippen LogP contribution >= 0.6 is 23.2 Å². The van der Waals surface area contributed by atoms with Crippen LogP contribution in [0.15, 0.2) is 24.3 Å². The molecule has 3 aromatic rings. The third-order valence-corrected chi connectivity index (χ3v) is 6.29. The number of benzene rings is 1. The van der Waals surface area contributed by atoms with Gasteiger partial charge in [-0.2, -0.15) is 13.5 Å². The van der Waals surface area contributed by atoms with E-state index in [9.17, 15) is 8.42 Å². The van der Waals surface area contributed by atoms with E-state index in [1.54, 1.807) is 6.07 Å². The fraction of sp³-hybridized carbons (Fsp3) is 0.455. The maximum Gasteiger partial charge on any atom is 0.261 e. The first kappa shape index (κ1) is 23.3. The lowest BCUT2D eigenvalue weighted by molar-refractivity contribution is 0.453. The highest BCUT2D eigenvalue weighted by atomic mass is 35.5. The Kier molecular flexibility index (Phi) is 6.42. The van der Waals surface area contributed by atoms with Crippen molar-refractivity contribution >= 4 is 50.0 Å². The van der Waals surface area contributed by atoms with Gasteiger partial charge in [-0.1, -0.05) is 30.1 Å². The minimum Gasteiger partial charge on any atom is -0.365 e. The molecular formula is C22H26Cl2N4O3S. The molecule has 1 N–H and O–H groups in total. The molecule has 5 rings (SSSR count). The average Bonchev–Trinajstić information content (AvgIpc) is 3.43. The van der Waals surface area contributed by atoms with E-state index in [2.05, 4.69) is 29.5 Å². The van der Waals surface area contributed by atoms with Crippen LogP contribution < -0.4 is 4.90 Å². The largest absolute Gasteiger partial charge is 0.365 e. The van der Waals surface area contributed by atoms with Crippen molar-refractivity contribution in [1.29, 1.82) is 0 Å². The van der Waals surface area contributed by atoms with Crippen LogP contribution in [-0.4, -0.2) is 46.6 Å². The summed E-state index contributed by atoms with van der Waals surface area (Å²) in [7, 11) is -3.67. The Hall–Kier alpha value is -1.87. The first-order valence-electron chi connectivity index (χ1n) is 10.6. The first-order chi connectivity index (χ1) is 15.0. The zero-order valence-corrected chi connectivity index (χ0v) is 20.5. The molecule has 10 heteroatoms. The molecule has 2 aliphatic rings. The van der Waals surface area contributed by atoms with Gasteiger partial charge in [-0.3, -0.25) is 9.23 Å². The molecule has 172 valence electrons. The van der Waals surface area contributed by atoms with Gasteiger partial charge in [-0.25, -0.2) is 4.98 Å². The summed E-state index contributed by atoms with van der Waals surface area (Å²) in [5.41, 5.74) is 6.08. The van der Waals surface area contributed by atoms with Gasteiger partial charge in [0.25, 0.3) is 10.1 Å². The summed E-state index contributed by atoms with van der Waals surface area (Å²) in [5, 5.41) is 6.19. The van der Waals surface area contributed by atoms with E-state index in [0.29, 0.717) is 22.3 Å². The molecule has 0 radical (unpaired) electrons. The Morgan fingerprint density at radius 2 is 1.91 bits per heavy atom. The summed E-state index contributed by atoms with van der Waals surface area (Å²) in [6, 6.07) is 8.26. The fourth-order valence-corrected chi connectivity index (χ4v) is 4.67. The zero-order valence-electron chi connectivity index (χ0n) is 18.2. The van der Waals surface area contributed by atoms with E-state index in [1.807, 2.05) is 12.1 Å². The molecule has 32 heavy (non-hydrogen) atoms. The summed E-state index contributed by atoms with van der Waals surface area (Å²) < 4.78 is 28.0. The van der Waals surface area contributed by atoms with Crippen molar-refractivity contribution < 1.29 is 13.0 Å². The Bertz CT molecular complexity index is 1260. The quantitative estimate of drug-likeness (QED) is 0.497. The molecule has 3 heterocycles. The molecule has 0 spiro atoms. The normalized spacial score (nSPS) is 17.9. The van der Waals surface area contributed by atoms with Crippen molar-refractivity contribution in [3.63, 3.8) is 0 Å². The van der Waals surface area contributed by atoms with Crippen LogP contribution in [0.25, 0.3) is 22.3 Å². The molecule has 1 aromatic carbocycles. The van der Waals surface area contributed by atoms with Crippen LogP contribution in [0.1, 0.15) is 31.9 Å². The zero-order chi connectivity index (χ0) is 23.2. The number of hydrogen-bond acceptors (Lipinski definition) is 5. The fourth-order valence-electron chi connectivity index (χ4n) is 4.17. The maximum absolute atomic E-state index is 9.19. The highest BCUT2D eigenvalue weighted by Crippen LogP contribution is 2.42. The summed E-state index contributed by atoms with van der Waals surface area (Å²) in [5.74, 6) is 0.835. The van der Waals surface area contributed by atoms with Gasteiger partial charge in [0.05, 0.1) is 23.5 Å². The predicted octanol–water partition coefficient (Wildman–Crippen LogP) is 5.23. The molecule has 1 fully saturated rings. The highest BCUT2D eigenvalue weighted by Gasteiger charge is 2.34. The van der Waals surface area contributed by atoms with E-state index in [4.69, 9.17) is 37.8 Å². The molecule has 0 saturated heterocycles. The van der Waals surface area contributed by atoms with E-state index in [-0.39, 0.29) is 0 Å². The molecule has 1 aliphatic carbocycles. The Morgan fingerprint density at radius 1 is 1.22 bits per heavy atom. The van der Waals surface area contributed by atoms with E-state index in [1.165, 1.54) is 18.5 Å². The first-order valence-corrected chi connectivity index (χ1v) is 13.2. The lowest BCUT2D eigenvalue weighted by atomic mass is 10.1. The molecule has 7 nitrogen and oxygen atoms in total. The van der Waals surface area contributed by atoms with E-state index >= 15 is 0 Å². The van der Waals surface area contributed by atoms with Gasteiger partial charge in [-0.05, 0) is 56.4 Å². The Labute approximate surface area is 198 Å². The van der Waals surface area contributed by atoms with Crippen molar-refractivity contribution in [2.75, 3.05) is 17.7 Å². The van der Waals surface area contributed by atoms with Gasteiger partial charge in [0.2, 0.25) is 0 Å². The van der Waals surface area contributed by atoms with Gasteiger partial charge in [0.15, 0.2) is 0 Å². The molecule has 1 saturated carbocycles.